The minimum Gasteiger partial charge on any atom is -0.338 e. The highest BCUT2D eigenvalue weighted by Gasteiger charge is 2.31. The van der Waals surface area contributed by atoms with E-state index < -0.39 is 11.2 Å². The van der Waals surface area contributed by atoms with Crippen molar-refractivity contribution in [3.63, 3.8) is 0 Å². The third-order valence-corrected chi connectivity index (χ3v) is 6.27. The summed E-state index contributed by atoms with van der Waals surface area (Å²) in [6.45, 7) is 9.86. The molecule has 188 valence electrons. The third-order valence-electron chi connectivity index (χ3n) is 6.27. The Morgan fingerprint density at radius 2 is 1.63 bits per heavy atom. The second-order valence-corrected chi connectivity index (χ2v) is 9.59. The van der Waals surface area contributed by atoms with Gasteiger partial charge in [0, 0.05) is 65.1 Å². The molecule has 0 atom stereocenters. The molecule has 0 aliphatic carbocycles. The number of carbonyl (C=O) groups is 2. The fourth-order valence-electron chi connectivity index (χ4n) is 4.27. The Balaban J connectivity index is 1.33. The number of nitrogens with zero attached hydrogens (tertiary/aromatic N) is 5. The van der Waals surface area contributed by atoms with Gasteiger partial charge >= 0.3 is 11.7 Å². The minimum atomic E-state index is -0.941. The number of carbonyl (C=O) groups excluding carboxylic acids is 2. The van der Waals surface area contributed by atoms with Gasteiger partial charge in [0.2, 0.25) is 5.91 Å². The fraction of sp³-hybridized carbons (Fsp3) is 0.500. The Bertz CT molecular complexity index is 1090. The maximum absolute atomic E-state index is 12.6. The summed E-state index contributed by atoms with van der Waals surface area (Å²) < 4.78 is 1.45. The molecule has 0 spiro atoms. The van der Waals surface area contributed by atoms with Crippen LogP contribution >= 0.6 is 0 Å². The van der Waals surface area contributed by atoms with Gasteiger partial charge in [-0.05, 0) is 37.6 Å². The maximum Gasteiger partial charge on any atom is 0.354 e. The number of anilines is 1. The predicted molar refractivity (Wildman–Crippen MR) is 133 cm³/mol. The molecular formula is C24H34N8O3. The number of benzene rings is 1. The van der Waals surface area contributed by atoms with Crippen LogP contribution < -0.4 is 22.1 Å². The van der Waals surface area contributed by atoms with E-state index in [2.05, 4.69) is 20.5 Å². The molecule has 2 aliphatic heterocycles. The van der Waals surface area contributed by atoms with Gasteiger partial charge in [-0.15, -0.1) is 0 Å². The summed E-state index contributed by atoms with van der Waals surface area (Å²) in [5.41, 5.74) is 6.39. The number of nitrogens with two attached hydrogens (primary N) is 1. The number of nitrogens with one attached hydrogen (secondary N) is 2. The number of rotatable bonds is 5. The first-order valence-corrected chi connectivity index (χ1v) is 12.0. The number of hydrogen-bond donors (Lipinski definition) is 3. The van der Waals surface area contributed by atoms with Crippen LogP contribution in [-0.2, 0) is 11.3 Å². The van der Waals surface area contributed by atoms with Crippen molar-refractivity contribution in [2.75, 3.05) is 57.7 Å². The van der Waals surface area contributed by atoms with Crippen LogP contribution in [0.25, 0.3) is 5.69 Å². The van der Waals surface area contributed by atoms with Gasteiger partial charge in [0.1, 0.15) is 5.82 Å². The molecular weight excluding hydrogens is 448 g/mol. The molecule has 1 aromatic heterocycles. The molecule has 2 aliphatic rings. The standard InChI is InChI=1S/C24H34N8O3/c1-24(2,25)21(33)30-13-15-31(16-14-30)22(34)27-20-7-10-32(23(35)28-20)19-5-3-18(4-6-19)17-29-11-8-26-9-12-29/h3-7,10,26H,8-9,11-17,25H2,1-2H3,(H,27,28,34,35). The average Bonchev–Trinajstić information content (AvgIpc) is 2.84. The Labute approximate surface area is 204 Å². The Hall–Kier alpha value is -3.28. The first kappa shape index (κ1) is 24.8. The van der Waals surface area contributed by atoms with E-state index in [9.17, 15) is 14.4 Å². The Morgan fingerprint density at radius 1 is 1.00 bits per heavy atom. The number of piperazine rings is 2. The highest BCUT2D eigenvalue weighted by Crippen LogP contribution is 2.13. The number of hydrogen-bond acceptors (Lipinski definition) is 7. The number of amides is 3. The van der Waals surface area contributed by atoms with Gasteiger partial charge in [0.25, 0.3) is 0 Å². The van der Waals surface area contributed by atoms with E-state index in [4.69, 9.17) is 5.73 Å². The lowest BCUT2D eigenvalue weighted by Gasteiger charge is -2.37. The summed E-state index contributed by atoms with van der Waals surface area (Å²) in [6.07, 6.45) is 1.61. The first-order valence-electron chi connectivity index (χ1n) is 12.0. The summed E-state index contributed by atoms with van der Waals surface area (Å²) in [5, 5.41) is 6.03. The molecule has 0 saturated carbocycles. The monoisotopic (exact) mass is 482 g/mol. The summed E-state index contributed by atoms with van der Waals surface area (Å²) in [6, 6.07) is 9.10. The van der Waals surface area contributed by atoms with Crippen LogP contribution in [0, 0.1) is 0 Å². The van der Waals surface area contributed by atoms with Crippen LogP contribution in [0.3, 0.4) is 0 Å². The summed E-state index contributed by atoms with van der Waals surface area (Å²) >= 11 is 0. The largest absolute Gasteiger partial charge is 0.354 e. The third kappa shape index (κ3) is 6.24. The molecule has 2 aromatic rings. The average molecular weight is 483 g/mol. The number of urea groups is 1. The zero-order valence-electron chi connectivity index (χ0n) is 20.4. The number of aromatic nitrogens is 2. The van der Waals surface area contributed by atoms with Gasteiger partial charge in [-0.3, -0.25) is 19.6 Å². The Morgan fingerprint density at radius 3 is 2.23 bits per heavy atom. The highest BCUT2D eigenvalue weighted by atomic mass is 16.2. The molecule has 0 unspecified atom stereocenters. The summed E-state index contributed by atoms with van der Waals surface area (Å²) in [4.78, 5) is 47.3. The van der Waals surface area contributed by atoms with Gasteiger partial charge in [-0.25, -0.2) is 9.59 Å². The van der Waals surface area contributed by atoms with E-state index in [-0.39, 0.29) is 17.8 Å². The molecule has 3 heterocycles. The predicted octanol–water partition coefficient (Wildman–Crippen LogP) is 0.0511. The molecule has 3 amide bonds. The van der Waals surface area contributed by atoms with Crippen LogP contribution in [-0.4, -0.2) is 94.1 Å². The van der Waals surface area contributed by atoms with Crippen molar-refractivity contribution >= 4 is 17.8 Å². The topological polar surface area (TPSA) is 129 Å². The normalized spacial score (nSPS) is 17.3. The first-order chi connectivity index (χ1) is 16.7. The van der Waals surface area contributed by atoms with Crippen molar-refractivity contribution in [3.05, 3.63) is 52.6 Å². The maximum atomic E-state index is 12.6. The molecule has 2 fully saturated rings. The van der Waals surface area contributed by atoms with Gasteiger partial charge in [0.15, 0.2) is 0 Å². The van der Waals surface area contributed by atoms with Crippen molar-refractivity contribution in [3.8, 4) is 5.69 Å². The van der Waals surface area contributed by atoms with Crippen molar-refractivity contribution in [1.29, 1.82) is 0 Å². The fourth-order valence-corrected chi connectivity index (χ4v) is 4.27. The lowest BCUT2D eigenvalue weighted by atomic mass is 10.1. The smallest absolute Gasteiger partial charge is 0.338 e. The van der Waals surface area contributed by atoms with E-state index in [0.29, 0.717) is 31.9 Å². The molecule has 0 bridgehead atoms. The molecule has 1 aromatic carbocycles. The van der Waals surface area contributed by atoms with Gasteiger partial charge in [-0.1, -0.05) is 12.1 Å². The molecule has 4 N–H and O–H groups in total. The molecule has 2 saturated heterocycles. The molecule has 4 rings (SSSR count). The quantitative estimate of drug-likeness (QED) is 0.549. The minimum absolute atomic E-state index is 0.139. The molecule has 11 nitrogen and oxygen atoms in total. The van der Waals surface area contributed by atoms with Gasteiger partial charge in [0.05, 0.1) is 11.2 Å². The second kappa shape index (κ2) is 10.5. The van der Waals surface area contributed by atoms with Crippen LogP contribution in [0.4, 0.5) is 10.6 Å². The molecule has 0 radical (unpaired) electrons. The van der Waals surface area contributed by atoms with Crippen molar-refractivity contribution in [1.82, 2.24) is 29.6 Å². The van der Waals surface area contributed by atoms with E-state index in [1.807, 2.05) is 24.3 Å². The SMILES string of the molecule is CC(C)(N)C(=O)N1CCN(C(=O)Nc2ccn(-c3ccc(CN4CCNCC4)cc3)c(=O)n2)CC1. The zero-order chi connectivity index (χ0) is 25.0. The lowest BCUT2D eigenvalue weighted by molar-refractivity contribution is -0.137. The highest BCUT2D eigenvalue weighted by molar-refractivity contribution is 5.89. The van der Waals surface area contributed by atoms with Crippen LogP contribution in [0.15, 0.2) is 41.3 Å². The second-order valence-electron chi connectivity index (χ2n) is 9.59. The van der Waals surface area contributed by atoms with E-state index in [1.165, 1.54) is 10.1 Å². The van der Waals surface area contributed by atoms with E-state index >= 15 is 0 Å². The molecule has 35 heavy (non-hydrogen) atoms. The van der Waals surface area contributed by atoms with Crippen molar-refractivity contribution in [2.24, 2.45) is 5.73 Å². The van der Waals surface area contributed by atoms with Crippen molar-refractivity contribution < 1.29 is 9.59 Å². The van der Waals surface area contributed by atoms with Gasteiger partial charge < -0.3 is 20.9 Å². The Kier molecular flexibility index (Phi) is 7.48. The summed E-state index contributed by atoms with van der Waals surface area (Å²) in [5.74, 6) is 0.0489. The van der Waals surface area contributed by atoms with Crippen LogP contribution in [0.1, 0.15) is 19.4 Å². The molecule has 11 heteroatoms. The van der Waals surface area contributed by atoms with Crippen LogP contribution in [0.5, 0.6) is 0 Å². The summed E-state index contributed by atoms with van der Waals surface area (Å²) in [7, 11) is 0. The van der Waals surface area contributed by atoms with E-state index in [0.717, 1.165) is 32.7 Å². The van der Waals surface area contributed by atoms with Crippen LogP contribution in [0.2, 0.25) is 0 Å². The van der Waals surface area contributed by atoms with E-state index in [1.54, 1.807) is 35.9 Å². The zero-order valence-corrected chi connectivity index (χ0v) is 20.4. The van der Waals surface area contributed by atoms with Gasteiger partial charge in [-0.2, -0.15) is 4.98 Å². The van der Waals surface area contributed by atoms with Crippen molar-refractivity contribution in [2.45, 2.75) is 25.9 Å². The lowest BCUT2D eigenvalue weighted by Crippen LogP contribution is -2.58.